The van der Waals surface area contributed by atoms with Crippen LogP contribution in [0.25, 0.3) is 0 Å². The van der Waals surface area contributed by atoms with Crippen molar-refractivity contribution >= 4 is 11.6 Å². The highest BCUT2D eigenvalue weighted by Crippen LogP contribution is 2.44. The Kier molecular flexibility index (Phi) is 3.40. The molecule has 4 heteroatoms. The molecule has 0 aliphatic heterocycles. The van der Waals surface area contributed by atoms with Crippen LogP contribution < -0.4 is 10.6 Å². The lowest BCUT2D eigenvalue weighted by Crippen LogP contribution is -2.38. The smallest absolute Gasteiger partial charge is 0.255 e. The minimum atomic E-state index is 0.0154. The monoisotopic (exact) mass is 259 g/mol. The number of rotatable bonds is 4. The number of carbonyl (C=O) groups excluding carboxylic acids is 1. The molecule has 1 amide bonds. The molecule has 3 atom stereocenters. The van der Waals surface area contributed by atoms with Crippen molar-refractivity contribution < 1.29 is 4.79 Å². The number of hydrogen-bond acceptors (Lipinski definition) is 3. The molecule has 2 aliphatic carbocycles. The van der Waals surface area contributed by atoms with Gasteiger partial charge in [0.2, 0.25) is 0 Å². The van der Waals surface area contributed by atoms with E-state index in [0.717, 1.165) is 24.6 Å². The minimum Gasteiger partial charge on any atom is -0.385 e. The van der Waals surface area contributed by atoms with Crippen molar-refractivity contribution in [2.24, 2.45) is 11.8 Å². The lowest BCUT2D eigenvalue weighted by Gasteiger charge is -2.23. The predicted molar refractivity (Wildman–Crippen MR) is 75.1 cm³/mol. The largest absolute Gasteiger partial charge is 0.385 e. The van der Waals surface area contributed by atoms with Crippen molar-refractivity contribution in [1.29, 1.82) is 0 Å². The van der Waals surface area contributed by atoms with Crippen LogP contribution in [0.1, 0.15) is 43.0 Å². The van der Waals surface area contributed by atoms with E-state index in [4.69, 9.17) is 0 Å². The molecular weight excluding hydrogens is 238 g/mol. The number of aromatic nitrogens is 1. The molecular formula is C15H21N3O. The maximum atomic E-state index is 12.4. The summed E-state index contributed by atoms with van der Waals surface area (Å²) in [5.74, 6) is 1.56. The van der Waals surface area contributed by atoms with Crippen LogP contribution in [0.3, 0.4) is 0 Å². The number of amides is 1. The molecule has 19 heavy (non-hydrogen) atoms. The molecule has 3 rings (SSSR count). The highest BCUT2D eigenvalue weighted by molar-refractivity contribution is 5.99. The van der Waals surface area contributed by atoms with Gasteiger partial charge >= 0.3 is 0 Å². The molecule has 2 bridgehead atoms. The lowest BCUT2D eigenvalue weighted by atomic mass is 9.95. The molecule has 1 aromatic heterocycles. The number of carbonyl (C=O) groups is 1. The van der Waals surface area contributed by atoms with Crippen molar-refractivity contribution in [1.82, 2.24) is 10.3 Å². The van der Waals surface area contributed by atoms with Crippen LogP contribution in [-0.2, 0) is 0 Å². The fraction of sp³-hybridized carbons (Fsp3) is 0.600. The van der Waals surface area contributed by atoms with Crippen LogP contribution in [0.5, 0.6) is 0 Å². The van der Waals surface area contributed by atoms with Crippen molar-refractivity contribution in [3.05, 3.63) is 24.0 Å². The molecule has 2 N–H and O–H groups in total. The second-order valence-corrected chi connectivity index (χ2v) is 5.71. The fourth-order valence-corrected chi connectivity index (χ4v) is 3.59. The zero-order valence-corrected chi connectivity index (χ0v) is 11.4. The van der Waals surface area contributed by atoms with Gasteiger partial charge in [0.25, 0.3) is 5.91 Å². The van der Waals surface area contributed by atoms with E-state index in [1.54, 1.807) is 12.4 Å². The van der Waals surface area contributed by atoms with E-state index in [1.807, 2.05) is 13.0 Å². The Morgan fingerprint density at radius 2 is 2.32 bits per heavy atom. The van der Waals surface area contributed by atoms with Crippen LogP contribution >= 0.6 is 0 Å². The van der Waals surface area contributed by atoms with Crippen LogP contribution in [0, 0.1) is 11.8 Å². The summed E-state index contributed by atoms with van der Waals surface area (Å²) in [4.78, 5) is 16.5. The Balaban J connectivity index is 1.70. The molecule has 3 unspecified atom stereocenters. The summed E-state index contributed by atoms with van der Waals surface area (Å²) in [5, 5.41) is 6.42. The van der Waals surface area contributed by atoms with Crippen molar-refractivity contribution in [2.45, 2.75) is 38.6 Å². The van der Waals surface area contributed by atoms with E-state index in [0.29, 0.717) is 17.5 Å². The van der Waals surface area contributed by atoms with Gasteiger partial charge in [-0.25, -0.2) is 0 Å². The fourth-order valence-electron chi connectivity index (χ4n) is 3.59. The Hall–Kier alpha value is -1.58. The first kappa shape index (κ1) is 12.5. The SMILES string of the molecule is CCNc1ccncc1C(=O)NC1CC2CCC1C2. The lowest BCUT2D eigenvalue weighted by molar-refractivity contribution is 0.0923. The third kappa shape index (κ3) is 2.44. The topological polar surface area (TPSA) is 54.0 Å². The van der Waals surface area contributed by atoms with Gasteiger partial charge in [-0.05, 0) is 44.1 Å². The van der Waals surface area contributed by atoms with Gasteiger partial charge in [-0.15, -0.1) is 0 Å². The Morgan fingerprint density at radius 3 is 3.00 bits per heavy atom. The summed E-state index contributed by atoms with van der Waals surface area (Å²) < 4.78 is 0. The molecule has 4 nitrogen and oxygen atoms in total. The maximum absolute atomic E-state index is 12.4. The average Bonchev–Trinajstić information content (AvgIpc) is 3.02. The summed E-state index contributed by atoms with van der Waals surface area (Å²) in [6, 6.07) is 2.24. The van der Waals surface area contributed by atoms with Gasteiger partial charge in [-0.2, -0.15) is 0 Å². The normalized spacial score (nSPS) is 28.4. The zero-order valence-electron chi connectivity index (χ0n) is 11.4. The van der Waals surface area contributed by atoms with Crippen LogP contribution in [-0.4, -0.2) is 23.5 Å². The summed E-state index contributed by atoms with van der Waals surface area (Å²) in [7, 11) is 0. The van der Waals surface area contributed by atoms with Gasteiger partial charge in [0.15, 0.2) is 0 Å². The first-order valence-corrected chi connectivity index (χ1v) is 7.26. The molecule has 2 fully saturated rings. The molecule has 0 radical (unpaired) electrons. The number of hydrogen-bond donors (Lipinski definition) is 2. The molecule has 102 valence electrons. The van der Waals surface area contributed by atoms with Crippen molar-refractivity contribution in [2.75, 3.05) is 11.9 Å². The number of pyridine rings is 1. The maximum Gasteiger partial charge on any atom is 0.255 e. The molecule has 0 aromatic carbocycles. The van der Waals surface area contributed by atoms with E-state index >= 15 is 0 Å². The molecule has 2 saturated carbocycles. The van der Waals surface area contributed by atoms with E-state index < -0.39 is 0 Å². The van der Waals surface area contributed by atoms with Gasteiger partial charge in [0.1, 0.15) is 0 Å². The van der Waals surface area contributed by atoms with Crippen LogP contribution in [0.15, 0.2) is 18.5 Å². The second-order valence-electron chi connectivity index (χ2n) is 5.71. The Bertz CT molecular complexity index is 474. The molecule has 0 saturated heterocycles. The quantitative estimate of drug-likeness (QED) is 0.873. The Morgan fingerprint density at radius 1 is 1.42 bits per heavy atom. The van der Waals surface area contributed by atoms with Crippen molar-refractivity contribution in [3.8, 4) is 0 Å². The highest BCUT2D eigenvalue weighted by Gasteiger charge is 2.40. The third-order valence-corrected chi connectivity index (χ3v) is 4.49. The first-order valence-electron chi connectivity index (χ1n) is 7.26. The minimum absolute atomic E-state index is 0.0154. The van der Waals surface area contributed by atoms with Gasteiger partial charge in [-0.3, -0.25) is 9.78 Å². The zero-order chi connectivity index (χ0) is 13.2. The molecule has 1 aromatic rings. The summed E-state index contributed by atoms with van der Waals surface area (Å²) >= 11 is 0. The number of fused-ring (bicyclic) bond motifs is 2. The summed E-state index contributed by atoms with van der Waals surface area (Å²) in [5.41, 5.74) is 1.53. The summed E-state index contributed by atoms with van der Waals surface area (Å²) in [6.45, 7) is 2.83. The first-order chi connectivity index (χ1) is 9.28. The van der Waals surface area contributed by atoms with Gasteiger partial charge < -0.3 is 10.6 Å². The molecule has 2 aliphatic rings. The van der Waals surface area contributed by atoms with E-state index in [-0.39, 0.29) is 5.91 Å². The van der Waals surface area contributed by atoms with Crippen molar-refractivity contribution in [3.63, 3.8) is 0 Å². The van der Waals surface area contributed by atoms with E-state index in [1.165, 1.54) is 19.3 Å². The number of nitrogens with zero attached hydrogens (tertiary/aromatic N) is 1. The van der Waals surface area contributed by atoms with Gasteiger partial charge in [-0.1, -0.05) is 6.42 Å². The molecule has 0 spiro atoms. The standard InChI is InChI=1S/C15H21N3O/c1-2-17-13-5-6-16-9-12(13)15(19)18-14-8-10-3-4-11(14)7-10/h5-6,9-11,14H,2-4,7-8H2,1H3,(H,16,17)(H,18,19). The number of nitrogens with one attached hydrogen (secondary N) is 2. The predicted octanol–water partition coefficient (Wildman–Crippen LogP) is 2.43. The summed E-state index contributed by atoms with van der Waals surface area (Å²) in [6.07, 6.45) is 8.47. The Labute approximate surface area is 114 Å². The van der Waals surface area contributed by atoms with Gasteiger partial charge in [0.05, 0.1) is 11.3 Å². The van der Waals surface area contributed by atoms with E-state index in [2.05, 4.69) is 15.6 Å². The highest BCUT2D eigenvalue weighted by atomic mass is 16.1. The average molecular weight is 259 g/mol. The third-order valence-electron chi connectivity index (χ3n) is 4.49. The molecule has 1 heterocycles. The van der Waals surface area contributed by atoms with Crippen LogP contribution in [0.4, 0.5) is 5.69 Å². The van der Waals surface area contributed by atoms with E-state index in [9.17, 15) is 4.79 Å². The van der Waals surface area contributed by atoms with Gasteiger partial charge in [0, 0.05) is 25.0 Å². The second kappa shape index (κ2) is 5.19. The van der Waals surface area contributed by atoms with Crippen LogP contribution in [0.2, 0.25) is 0 Å². The number of anilines is 1.